The van der Waals surface area contributed by atoms with Crippen LogP contribution in [0, 0.1) is 0 Å². The average Bonchev–Trinajstić information content (AvgIpc) is 2.68. The van der Waals surface area contributed by atoms with Crippen LogP contribution in [-0.4, -0.2) is 56.2 Å². The maximum absolute atomic E-state index is 12.2. The van der Waals surface area contributed by atoms with Crippen molar-refractivity contribution in [1.29, 1.82) is 0 Å². The quantitative estimate of drug-likeness (QED) is 0.572. The van der Waals surface area contributed by atoms with Crippen molar-refractivity contribution in [3.05, 3.63) is 29.3 Å². The second-order valence-corrected chi connectivity index (χ2v) is 8.70. The molecule has 0 atom stereocenters. The highest BCUT2D eigenvalue weighted by Gasteiger charge is 2.35. The van der Waals surface area contributed by atoms with Gasteiger partial charge in [0.05, 0.1) is 27.5 Å². The van der Waals surface area contributed by atoms with E-state index in [0.717, 1.165) is 11.0 Å². The van der Waals surface area contributed by atoms with Crippen LogP contribution in [0.25, 0.3) is 0 Å². The van der Waals surface area contributed by atoms with Gasteiger partial charge >= 0.3 is 0 Å². The number of rotatable bonds is 6. The molecule has 0 unspecified atom stereocenters. The van der Waals surface area contributed by atoms with Crippen molar-refractivity contribution < 1.29 is 31.0 Å². The van der Waals surface area contributed by atoms with Crippen molar-refractivity contribution in [3.63, 3.8) is 0 Å². The summed E-state index contributed by atoms with van der Waals surface area (Å²) in [4.78, 5) is 24.9. The van der Waals surface area contributed by atoms with Crippen molar-refractivity contribution >= 4 is 31.8 Å². The van der Waals surface area contributed by atoms with Crippen LogP contribution in [0.4, 0.5) is 0 Å². The van der Waals surface area contributed by atoms with Crippen molar-refractivity contribution in [1.82, 2.24) is 4.90 Å². The number of nitrogens with zero attached hydrogens (tertiary/aromatic N) is 1. The Bertz CT molecular complexity index is 872. The Morgan fingerprint density at radius 3 is 2.17 bits per heavy atom. The molecule has 1 aromatic rings. The summed E-state index contributed by atoms with van der Waals surface area (Å²) >= 11 is 0. The Morgan fingerprint density at radius 2 is 1.61 bits per heavy atom. The van der Waals surface area contributed by atoms with Gasteiger partial charge in [-0.25, -0.2) is 8.42 Å². The molecule has 1 aromatic carbocycles. The maximum Gasteiger partial charge on any atom is 0.264 e. The molecule has 0 spiro atoms. The third-order valence-electron chi connectivity index (χ3n) is 3.43. The van der Waals surface area contributed by atoms with Crippen LogP contribution in [0.2, 0.25) is 0 Å². The Hall–Kier alpha value is -1.78. The third-order valence-corrected chi connectivity index (χ3v) is 6.04. The monoisotopic (exact) mass is 361 g/mol. The van der Waals surface area contributed by atoms with E-state index in [4.69, 9.17) is 4.55 Å². The molecule has 0 bridgehead atoms. The number of sulfone groups is 1. The predicted octanol–water partition coefficient (Wildman–Crippen LogP) is 0.354. The second kappa shape index (κ2) is 6.02. The molecule has 0 saturated heterocycles. The van der Waals surface area contributed by atoms with Gasteiger partial charge in [-0.1, -0.05) is 0 Å². The molecule has 126 valence electrons. The standard InChI is InChI=1S/C13H15NO7S2/c1-2-14-12(15)10-5-4-9(8-11(10)13(14)16)22(17,18)6-3-7-23(19,20)21/h4-5,8H,2-3,6-7H2,1H3,(H,19,20,21). The van der Waals surface area contributed by atoms with E-state index in [2.05, 4.69) is 0 Å². The van der Waals surface area contributed by atoms with Crippen LogP contribution >= 0.6 is 0 Å². The fourth-order valence-electron chi connectivity index (χ4n) is 2.30. The van der Waals surface area contributed by atoms with Gasteiger partial charge in [0.25, 0.3) is 21.9 Å². The lowest BCUT2D eigenvalue weighted by molar-refractivity contribution is 0.0663. The van der Waals surface area contributed by atoms with Crippen molar-refractivity contribution in [2.45, 2.75) is 18.2 Å². The molecule has 0 fully saturated rings. The van der Waals surface area contributed by atoms with Gasteiger partial charge in [0.15, 0.2) is 9.84 Å². The SMILES string of the molecule is CCN1C(=O)c2ccc(S(=O)(=O)CCCS(=O)(=O)O)cc2C1=O. The van der Waals surface area contributed by atoms with Gasteiger partial charge in [0.2, 0.25) is 0 Å². The largest absolute Gasteiger partial charge is 0.286 e. The van der Waals surface area contributed by atoms with Gasteiger partial charge in [-0.15, -0.1) is 0 Å². The first-order valence-corrected chi connectivity index (χ1v) is 10.0. The fraction of sp³-hybridized carbons (Fsp3) is 0.385. The summed E-state index contributed by atoms with van der Waals surface area (Å²) in [5, 5.41) is 0. The van der Waals surface area contributed by atoms with Gasteiger partial charge in [-0.3, -0.25) is 19.0 Å². The lowest BCUT2D eigenvalue weighted by Crippen LogP contribution is -2.29. The van der Waals surface area contributed by atoms with E-state index < -0.39 is 43.3 Å². The third kappa shape index (κ3) is 3.59. The zero-order valence-corrected chi connectivity index (χ0v) is 13.9. The van der Waals surface area contributed by atoms with Crippen LogP contribution in [-0.2, 0) is 20.0 Å². The number of carbonyl (C=O) groups excluding carboxylic acids is 2. The van der Waals surface area contributed by atoms with E-state index in [1.807, 2.05) is 0 Å². The lowest BCUT2D eigenvalue weighted by atomic mass is 10.1. The van der Waals surface area contributed by atoms with Crippen molar-refractivity contribution in [2.75, 3.05) is 18.1 Å². The zero-order chi connectivity index (χ0) is 17.4. The first-order chi connectivity index (χ1) is 10.6. The predicted molar refractivity (Wildman–Crippen MR) is 80.6 cm³/mol. The van der Waals surface area contributed by atoms with Gasteiger partial charge in [-0.2, -0.15) is 8.42 Å². The smallest absolute Gasteiger partial charge is 0.264 e. The van der Waals surface area contributed by atoms with E-state index in [1.54, 1.807) is 6.92 Å². The van der Waals surface area contributed by atoms with Gasteiger partial charge in [-0.05, 0) is 31.5 Å². The molecule has 1 aliphatic heterocycles. The highest BCUT2D eigenvalue weighted by molar-refractivity contribution is 7.91. The summed E-state index contributed by atoms with van der Waals surface area (Å²) < 4.78 is 54.2. The maximum atomic E-state index is 12.2. The molecule has 1 heterocycles. The van der Waals surface area contributed by atoms with E-state index in [-0.39, 0.29) is 29.0 Å². The zero-order valence-electron chi connectivity index (χ0n) is 12.2. The van der Waals surface area contributed by atoms with Crippen LogP contribution in [0.15, 0.2) is 23.1 Å². The molecule has 10 heteroatoms. The average molecular weight is 361 g/mol. The lowest BCUT2D eigenvalue weighted by Gasteiger charge is -2.08. The van der Waals surface area contributed by atoms with Crippen molar-refractivity contribution in [3.8, 4) is 0 Å². The van der Waals surface area contributed by atoms with Crippen LogP contribution < -0.4 is 0 Å². The molecule has 2 rings (SSSR count). The highest BCUT2D eigenvalue weighted by Crippen LogP contribution is 2.26. The summed E-state index contributed by atoms with van der Waals surface area (Å²) in [6, 6.07) is 3.63. The Morgan fingerprint density at radius 1 is 1.00 bits per heavy atom. The van der Waals surface area contributed by atoms with E-state index in [1.165, 1.54) is 12.1 Å². The minimum atomic E-state index is -4.23. The molecule has 0 saturated carbocycles. The summed E-state index contributed by atoms with van der Waals surface area (Å²) in [5.74, 6) is -2.19. The molecular formula is C13H15NO7S2. The number of carbonyl (C=O) groups is 2. The molecule has 0 radical (unpaired) electrons. The number of fused-ring (bicyclic) bond motifs is 1. The van der Waals surface area contributed by atoms with Crippen molar-refractivity contribution in [2.24, 2.45) is 0 Å². The summed E-state index contributed by atoms with van der Waals surface area (Å²) in [7, 11) is -8.06. The number of imide groups is 1. The number of hydrogen-bond donors (Lipinski definition) is 1. The minimum Gasteiger partial charge on any atom is -0.286 e. The molecule has 2 amide bonds. The molecule has 8 nitrogen and oxygen atoms in total. The second-order valence-electron chi connectivity index (χ2n) is 5.02. The number of amides is 2. The molecular weight excluding hydrogens is 346 g/mol. The first-order valence-electron chi connectivity index (χ1n) is 6.75. The van der Waals surface area contributed by atoms with E-state index in [9.17, 15) is 26.4 Å². The minimum absolute atomic E-state index is 0.0210. The van der Waals surface area contributed by atoms with E-state index in [0.29, 0.717) is 0 Å². The van der Waals surface area contributed by atoms with Gasteiger partial charge < -0.3 is 0 Å². The summed E-state index contributed by atoms with van der Waals surface area (Å²) in [6.07, 6.45) is -0.272. The van der Waals surface area contributed by atoms with Crippen LogP contribution in [0.3, 0.4) is 0 Å². The summed E-state index contributed by atoms with van der Waals surface area (Å²) in [5.41, 5.74) is 0.168. The highest BCUT2D eigenvalue weighted by atomic mass is 32.2. The fourth-order valence-corrected chi connectivity index (χ4v) is 4.32. The molecule has 1 N–H and O–H groups in total. The molecule has 0 aliphatic carbocycles. The topological polar surface area (TPSA) is 126 Å². The van der Waals surface area contributed by atoms with Gasteiger partial charge in [0.1, 0.15) is 0 Å². The Balaban J connectivity index is 2.28. The Kier molecular flexibility index (Phi) is 4.60. The molecule has 0 aromatic heterocycles. The normalized spacial score (nSPS) is 15.1. The van der Waals surface area contributed by atoms with Crippen LogP contribution in [0.5, 0.6) is 0 Å². The first kappa shape index (κ1) is 17.6. The van der Waals surface area contributed by atoms with Gasteiger partial charge in [0, 0.05) is 6.54 Å². The van der Waals surface area contributed by atoms with E-state index >= 15 is 0 Å². The summed E-state index contributed by atoms with van der Waals surface area (Å²) in [6.45, 7) is 1.82. The van der Waals surface area contributed by atoms with Crippen LogP contribution in [0.1, 0.15) is 34.1 Å². The number of hydrogen-bond acceptors (Lipinski definition) is 6. The number of benzene rings is 1. The molecule has 23 heavy (non-hydrogen) atoms. The molecule has 1 aliphatic rings. The Labute approximate surface area is 133 Å².